The lowest BCUT2D eigenvalue weighted by Crippen LogP contribution is -2.42. The minimum Gasteiger partial charge on any atom is -0.464 e. The lowest BCUT2D eigenvalue weighted by atomic mass is 10.2. The molecule has 1 aromatic heterocycles. The van der Waals surface area contributed by atoms with Gasteiger partial charge in [0.15, 0.2) is 0 Å². The van der Waals surface area contributed by atoms with Crippen LogP contribution in [-0.2, 0) is 14.3 Å². The molecule has 0 bridgehead atoms. The van der Waals surface area contributed by atoms with Gasteiger partial charge in [0.1, 0.15) is 11.8 Å². The molecule has 3 aromatic rings. The van der Waals surface area contributed by atoms with Crippen LogP contribution < -0.4 is 4.74 Å². The average Bonchev–Trinajstić information content (AvgIpc) is 3.36. The Morgan fingerprint density at radius 2 is 1.73 bits per heavy atom. The molecule has 1 atom stereocenters. The van der Waals surface area contributed by atoms with Gasteiger partial charge >= 0.3 is 11.7 Å². The average molecular weight is 581 g/mol. The number of nitro benzene ring substituents is 2. The Morgan fingerprint density at radius 1 is 1.05 bits per heavy atom. The zero-order valence-electron chi connectivity index (χ0n) is 22.4. The first-order valence-corrected chi connectivity index (χ1v) is 13.1. The van der Waals surface area contributed by atoms with Crippen LogP contribution in [0.2, 0.25) is 0 Å². The summed E-state index contributed by atoms with van der Waals surface area (Å²) in [6, 6.07) is 10.6. The van der Waals surface area contributed by atoms with Crippen LogP contribution in [0.25, 0.3) is 11.8 Å². The van der Waals surface area contributed by atoms with Crippen molar-refractivity contribution < 1.29 is 33.7 Å². The molecule has 0 aliphatic carbocycles. The second-order valence-electron chi connectivity index (χ2n) is 8.90. The van der Waals surface area contributed by atoms with Gasteiger partial charge in [-0.2, -0.15) is 0 Å². The van der Waals surface area contributed by atoms with E-state index in [1.54, 1.807) is 37.3 Å². The highest BCUT2D eigenvalue weighted by Crippen LogP contribution is 2.37. The Balaban J connectivity index is 1.57. The Morgan fingerprint density at radius 3 is 2.34 bits per heavy atom. The van der Waals surface area contributed by atoms with Gasteiger partial charge in [-0.3, -0.25) is 34.7 Å². The normalized spacial score (nSPS) is 14.8. The second kappa shape index (κ2) is 11.6. The number of nitrogens with zero attached hydrogens (tertiary/aromatic N) is 4. The molecule has 0 saturated carbocycles. The van der Waals surface area contributed by atoms with E-state index >= 15 is 0 Å². The highest BCUT2D eigenvalue weighted by molar-refractivity contribution is 8.18. The largest absolute Gasteiger partial charge is 0.464 e. The van der Waals surface area contributed by atoms with Crippen molar-refractivity contribution in [3.8, 4) is 17.2 Å². The number of esters is 1. The quantitative estimate of drug-likeness (QED) is 0.133. The zero-order chi connectivity index (χ0) is 30.0. The molecule has 2 heterocycles. The molecule has 1 fully saturated rings. The SMILES string of the molecule is CCOC(=O)[C@H](C)N1C(=O)S/C(=C/c2cc(C)n(-c3ccc(Oc4ccc([N+](=O)[O-])cc4[N+](=O)[O-])cc3)c2C)C1=O. The number of aromatic nitrogens is 1. The fourth-order valence-corrected chi connectivity index (χ4v) is 5.19. The number of rotatable bonds is 9. The van der Waals surface area contributed by atoms with Crippen LogP contribution in [0, 0.1) is 34.1 Å². The number of hydrogen-bond donors (Lipinski definition) is 0. The third-order valence-electron chi connectivity index (χ3n) is 6.27. The molecule has 41 heavy (non-hydrogen) atoms. The highest BCUT2D eigenvalue weighted by Gasteiger charge is 2.41. The lowest BCUT2D eigenvalue weighted by Gasteiger charge is -2.19. The summed E-state index contributed by atoms with van der Waals surface area (Å²) in [5, 5.41) is 21.8. The fourth-order valence-electron chi connectivity index (χ4n) is 4.29. The van der Waals surface area contributed by atoms with Crippen molar-refractivity contribution in [3.05, 3.63) is 90.6 Å². The number of benzene rings is 2. The molecular weight excluding hydrogens is 556 g/mol. The summed E-state index contributed by atoms with van der Waals surface area (Å²) in [7, 11) is 0. The van der Waals surface area contributed by atoms with Crippen molar-refractivity contribution >= 4 is 46.3 Å². The molecule has 4 rings (SSSR count). The van der Waals surface area contributed by atoms with E-state index in [-0.39, 0.29) is 23.0 Å². The molecular formula is C27H24N4O9S. The summed E-state index contributed by atoms with van der Waals surface area (Å²) in [5.74, 6) is -1.11. The van der Waals surface area contributed by atoms with E-state index < -0.39 is 44.4 Å². The van der Waals surface area contributed by atoms with Gasteiger partial charge in [-0.15, -0.1) is 0 Å². The summed E-state index contributed by atoms with van der Waals surface area (Å²) in [6.45, 7) is 6.92. The molecule has 1 saturated heterocycles. The van der Waals surface area contributed by atoms with Gasteiger partial charge in [0.25, 0.3) is 16.8 Å². The minimum absolute atomic E-state index is 0.130. The summed E-state index contributed by atoms with van der Waals surface area (Å²) >= 11 is 0.748. The summed E-state index contributed by atoms with van der Waals surface area (Å²) in [4.78, 5) is 59.5. The molecule has 13 nitrogen and oxygen atoms in total. The number of nitro groups is 2. The Kier molecular flexibility index (Phi) is 8.23. The number of non-ortho nitro benzene ring substituents is 1. The lowest BCUT2D eigenvalue weighted by molar-refractivity contribution is -0.394. The van der Waals surface area contributed by atoms with Gasteiger partial charge in [-0.1, -0.05) is 0 Å². The van der Waals surface area contributed by atoms with Gasteiger partial charge in [0.05, 0.1) is 27.4 Å². The highest BCUT2D eigenvalue weighted by atomic mass is 32.2. The number of hydrogen-bond acceptors (Lipinski definition) is 10. The van der Waals surface area contributed by atoms with Gasteiger partial charge in [0.2, 0.25) is 5.75 Å². The molecule has 1 aliphatic heterocycles. The number of aryl methyl sites for hydroxylation is 1. The number of amides is 2. The standard InChI is InChI=1S/C27H24N4O9S/c1-5-39-26(33)17(4)29-25(32)24(41-27(29)34)13-18-12-15(2)28(16(18)3)19-6-9-21(10-7-19)40-23-11-8-20(30(35)36)14-22(23)31(37)38/h6-14,17H,5H2,1-4H3/b24-13+/t17-/m0/s1. The summed E-state index contributed by atoms with van der Waals surface area (Å²) < 4.78 is 12.5. The Labute approximate surface area is 237 Å². The van der Waals surface area contributed by atoms with Crippen LogP contribution in [-0.4, -0.2) is 49.1 Å². The molecule has 212 valence electrons. The number of imide groups is 1. The van der Waals surface area contributed by atoms with Crippen molar-refractivity contribution in [3.63, 3.8) is 0 Å². The van der Waals surface area contributed by atoms with E-state index in [1.807, 2.05) is 24.5 Å². The second-order valence-corrected chi connectivity index (χ2v) is 9.90. The van der Waals surface area contributed by atoms with E-state index in [1.165, 1.54) is 13.0 Å². The number of ether oxygens (including phenoxy) is 2. The number of carbonyl (C=O) groups excluding carboxylic acids is 3. The van der Waals surface area contributed by atoms with Crippen LogP contribution in [0.1, 0.15) is 30.8 Å². The van der Waals surface area contributed by atoms with E-state index in [0.717, 1.165) is 45.9 Å². The van der Waals surface area contributed by atoms with E-state index in [2.05, 4.69) is 0 Å². The minimum atomic E-state index is -1.05. The van der Waals surface area contributed by atoms with E-state index in [4.69, 9.17) is 9.47 Å². The molecule has 14 heteroatoms. The summed E-state index contributed by atoms with van der Waals surface area (Å²) in [6.07, 6.45) is 1.60. The van der Waals surface area contributed by atoms with Crippen molar-refractivity contribution in [2.75, 3.05) is 6.61 Å². The van der Waals surface area contributed by atoms with Crippen LogP contribution in [0.3, 0.4) is 0 Å². The van der Waals surface area contributed by atoms with Crippen molar-refractivity contribution in [1.82, 2.24) is 9.47 Å². The fraction of sp³-hybridized carbons (Fsp3) is 0.222. The smallest absolute Gasteiger partial charge is 0.329 e. The van der Waals surface area contributed by atoms with Crippen molar-refractivity contribution in [1.29, 1.82) is 0 Å². The van der Waals surface area contributed by atoms with Gasteiger partial charge in [-0.05, 0) is 87.5 Å². The van der Waals surface area contributed by atoms with Crippen LogP contribution in [0.15, 0.2) is 53.4 Å². The maximum atomic E-state index is 13.0. The predicted molar refractivity (Wildman–Crippen MR) is 149 cm³/mol. The molecule has 0 unspecified atom stereocenters. The number of carbonyl (C=O) groups is 3. The molecule has 0 spiro atoms. The van der Waals surface area contributed by atoms with E-state index in [0.29, 0.717) is 5.56 Å². The Bertz CT molecular complexity index is 1610. The molecule has 2 amide bonds. The van der Waals surface area contributed by atoms with Gasteiger partial charge < -0.3 is 14.0 Å². The molecule has 0 radical (unpaired) electrons. The monoisotopic (exact) mass is 580 g/mol. The third-order valence-corrected chi connectivity index (χ3v) is 7.15. The maximum absolute atomic E-state index is 13.0. The third kappa shape index (κ3) is 5.82. The first-order chi connectivity index (χ1) is 19.4. The topological polar surface area (TPSA) is 164 Å². The maximum Gasteiger partial charge on any atom is 0.329 e. The van der Waals surface area contributed by atoms with Gasteiger partial charge in [0, 0.05) is 23.1 Å². The molecule has 1 aliphatic rings. The number of thioether (sulfide) groups is 1. The molecule has 2 aromatic carbocycles. The van der Waals surface area contributed by atoms with E-state index in [9.17, 15) is 34.6 Å². The van der Waals surface area contributed by atoms with Crippen LogP contribution in [0.5, 0.6) is 11.5 Å². The first kappa shape index (κ1) is 29.0. The zero-order valence-corrected chi connectivity index (χ0v) is 23.2. The molecule has 0 N–H and O–H groups in total. The van der Waals surface area contributed by atoms with Crippen LogP contribution in [0.4, 0.5) is 16.2 Å². The first-order valence-electron chi connectivity index (χ1n) is 12.3. The Hall–Kier alpha value is -4.98. The van der Waals surface area contributed by atoms with Crippen molar-refractivity contribution in [2.45, 2.75) is 33.7 Å². The predicted octanol–water partition coefficient (Wildman–Crippen LogP) is 5.69. The summed E-state index contributed by atoms with van der Waals surface area (Å²) in [5.41, 5.74) is 2.06. The van der Waals surface area contributed by atoms with Crippen LogP contribution >= 0.6 is 11.8 Å². The van der Waals surface area contributed by atoms with Crippen molar-refractivity contribution in [2.24, 2.45) is 0 Å². The van der Waals surface area contributed by atoms with Gasteiger partial charge in [-0.25, -0.2) is 4.79 Å².